The van der Waals surface area contributed by atoms with Gasteiger partial charge in [-0.1, -0.05) is 58.0 Å². The van der Waals surface area contributed by atoms with Crippen molar-refractivity contribution >= 4 is 0 Å². The zero-order valence-corrected chi connectivity index (χ0v) is 10.8. The Kier molecular flexibility index (Phi) is 2.62. The molecule has 16 heavy (non-hydrogen) atoms. The van der Waals surface area contributed by atoms with Gasteiger partial charge in [0, 0.05) is 0 Å². The summed E-state index contributed by atoms with van der Waals surface area (Å²) in [6.07, 6.45) is 0. The van der Waals surface area contributed by atoms with Crippen LogP contribution in [0.1, 0.15) is 33.3 Å². The highest BCUT2D eigenvalue weighted by atomic mass is 14.7. The number of benzene rings is 1. The molecule has 0 radical (unpaired) electrons. The molecule has 0 aromatic heterocycles. The Morgan fingerprint density at radius 3 is 2.19 bits per heavy atom. The molecule has 0 heterocycles. The van der Waals surface area contributed by atoms with Crippen molar-refractivity contribution in [2.75, 3.05) is 6.54 Å². The van der Waals surface area contributed by atoms with Crippen molar-refractivity contribution in [2.24, 2.45) is 23.0 Å². The van der Waals surface area contributed by atoms with E-state index >= 15 is 0 Å². The summed E-state index contributed by atoms with van der Waals surface area (Å²) in [5.41, 5.74) is 7.94. The van der Waals surface area contributed by atoms with Crippen molar-refractivity contribution in [3.63, 3.8) is 0 Å². The number of nitrogens with two attached hydrogens (primary N) is 1. The van der Waals surface area contributed by atoms with Crippen LogP contribution in [0.2, 0.25) is 0 Å². The number of hydrogen-bond acceptors (Lipinski definition) is 1. The molecule has 2 rings (SSSR count). The third-order valence-corrected chi connectivity index (χ3v) is 4.60. The van der Waals surface area contributed by atoms with Crippen molar-refractivity contribution in [3.8, 4) is 0 Å². The van der Waals surface area contributed by atoms with Gasteiger partial charge < -0.3 is 5.73 Å². The molecule has 2 atom stereocenters. The molecular weight excluding hydrogens is 194 g/mol. The normalized spacial score (nSPS) is 27.8. The Labute approximate surface area is 99.0 Å². The SMILES string of the molecule is CC(C)(c1ccccc1)[C@H]1[C@H](CN)C1(C)C. The maximum atomic E-state index is 5.87. The molecule has 88 valence electrons. The van der Waals surface area contributed by atoms with Crippen molar-refractivity contribution in [2.45, 2.75) is 33.1 Å². The Balaban J connectivity index is 2.28. The summed E-state index contributed by atoms with van der Waals surface area (Å²) in [5, 5.41) is 0. The van der Waals surface area contributed by atoms with Gasteiger partial charge in [0.15, 0.2) is 0 Å². The molecular formula is C15H23N. The van der Waals surface area contributed by atoms with Gasteiger partial charge >= 0.3 is 0 Å². The van der Waals surface area contributed by atoms with Crippen molar-refractivity contribution in [3.05, 3.63) is 35.9 Å². The maximum Gasteiger partial charge on any atom is -0.00405 e. The minimum atomic E-state index is 0.231. The van der Waals surface area contributed by atoms with Gasteiger partial charge in [0.05, 0.1) is 0 Å². The van der Waals surface area contributed by atoms with Crippen molar-refractivity contribution in [1.29, 1.82) is 0 Å². The molecule has 1 heteroatoms. The molecule has 1 nitrogen and oxygen atoms in total. The van der Waals surface area contributed by atoms with Gasteiger partial charge in [0.1, 0.15) is 0 Å². The van der Waals surface area contributed by atoms with Crippen LogP contribution in [-0.4, -0.2) is 6.54 Å². The highest BCUT2D eigenvalue weighted by Crippen LogP contribution is 2.65. The van der Waals surface area contributed by atoms with Gasteiger partial charge in [0.2, 0.25) is 0 Å². The fourth-order valence-corrected chi connectivity index (χ4v) is 3.66. The lowest BCUT2D eigenvalue weighted by atomic mass is 9.77. The lowest BCUT2D eigenvalue weighted by Gasteiger charge is -2.27. The summed E-state index contributed by atoms with van der Waals surface area (Å²) in [6.45, 7) is 10.2. The van der Waals surface area contributed by atoms with Gasteiger partial charge in [-0.25, -0.2) is 0 Å². The first-order chi connectivity index (χ1) is 7.42. The Bertz CT molecular complexity index is 364. The van der Waals surface area contributed by atoms with E-state index in [4.69, 9.17) is 5.73 Å². The summed E-state index contributed by atoms with van der Waals surface area (Å²) in [7, 11) is 0. The third kappa shape index (κ3) is 1.58. The van der Waals surface area contributed by atoms with Crippen LogP contribution in [0.4, 0.5) is 0 Å². The molecule has 1 aliphatic rings. The highest BCUT2D eigenvalue weighted by Gasteiger charge is 2.62. The van der Waals surface area contributed by atoms with Crippen LogP contribution >= 0.6 is 0 Å². The molecule has 0 aliphatic heterocycles. The summed E-state index contributed by atoms with van der Waals surface area (Å²) in [4.78, 5) is 0. The van der Waals surface area contributed by atoms with E-state index < -0.39 is 0 Å². The van der Waals surface area contributed by atoms with Gasteiger partial charge in [0.25, 0.3) is 0 Å². The maximum absolute atomic E-state index is 5.87. The van der Waals surface area contributed by atoms with Crippen LogP contribution < -0.4 is 5.73 Å². The molecule has 1 aromatic carbocycles. The first-order valence-electron chi connectivity index (χ1n) is 6.18. The molecule has 0 saturated heterocycles. The monoisotopic (exact) mass is 217 g/mol. The fraction of sp³-hybridized carbons (Fsp3) is 0.600. The topological polar surface area (TPSA) is 26.0 Å². The van der Waals surface area contributed by atoms with Gasteiger partial charge in [-0.15, -0.1) is 0 Å². The first kappa shape index (κ1) is 11.7. The molecule has 1 fully saturated rings. The van der Waals surface area contributed by atoms with Gasteiger partial charge in [-0.2, -0.15) is 0 Å². The van der Waals surface area contributed by atoms with Crippen LogP contribution in [0, 0.1) is 17.3 Å². The Morgan fingerprint density at radius 1 is 1.19 bits per heavy atom. The minimum Gasteiger partial charge on any atom is -0.330 e. The Hall–Kier alpha value is -0.820. The van der Waals surface area contributed by atoms with E-state index in [2.05, 4.69) is 58.0 Å². The average Bonchev–Trinajstić information content (AvgIpc) is 2.82. The standard InChI is InChI=1S/C15H23N/c1-14(2,11-8-6-5-7-9-11)13-12(10-16)15(13,3)4/h5-9,12-13H,10,16H2,1-4H3/t12-,13+/m0/s1. The molecule has 0 spiro atoms. The summed E-state index contributed by atoms with van der Waals surface area (Å²) >= 11 is 0. The average molecular weight is 217 g/mol. The summed E-state index contributed by atoms with van der Waals surface area (Å²) in [6, 6.07) is 10.8. The van der Waals surface area contributed by atoms with Crippen LogP contribution in [0.15, 0.2) is 30.3 Å². The molecule has 2 N–H and O–H groups in total. The lowest BCUT2D eigenvalue weighted by Crippen LogP contribution is -2.23. The van der Waals surface area contributed by atoms with Crippen molar-refractivity contribution < 1.29 is 0 Å². The van der Waals surface area contributed by atoms with E-state index in [9.17, 15) is 0 Å². The van der Waals surface area contributed by atoms with E-state index in [1.54, 1.807) is 0 Å². The van der Waals surface area contributed by atoms with E-state index in [-0.39, 0.29) is 5.41 Å². The molecule has 0 unspecified atom stereocenters. The predicted octanol–water partition coefficient (Wildman–Crippen LogP) is 3.20. The largest absolute Gasteiger partial charge is 0.330 e. The van der Waals surface area contributed by atoms with Crippen LogP contribution in [-0.2, 0) is 5.41 Å². The molecule has 1 aromatic rings. The smallest absolute Gasteiger partial charge is 0.00405 e. The third-order valence-electron chi connectivity index (χ3n) is 4.60. The quantitative estimate of drug-likeness (QED) is 0.826. The van der Waals surface area contributed by atoms with Gasteiger partial charge in [-0.3, -0.25) is 0 Å². The number of rotatable bonds is 3. The van der Waals surface area contributed by atoms with E-state index in [0.29, 0.717) is 17.3 Å². The van der Waals surface area contributed by atoms with Crippen molar-refractivity contribution in [1.82, 2.24) is 0 Å². The zero-order chi connectivity index (χ0) is 12.0. The second-order valence-corrected chi connectivity index (χ2v) is 6.23. The highest BCUT2D eigenvalue weighted by molar-refractivity contribution is 5.30. The second-order valence-electron chi connectivity index (χ2n) is 6.23. The van der Waals surface area contributed by atoms with E-state index in [1.165, 1.54) is 5.56 Å². The Morgan fingerprint density at radius 2 is 1.75 bits per heavy atom. The molecule has 0 bridgehead atoms. The predicted molar refractivity (Wildman–Crippen MR) is 69.3 cm³/mol. The van der Waals surface area contributed by atoms with E-state index in [1.807, 2.05) is 0 Å². The van der Waals surface area contributed by atoms with Crippen LogP contribution in [0.3, 0.4) is 0 Å². The molecule has 0 amide bonds. The molecule has 1 aliphatic carbocycles. The van der Waals surface area contributed by atoms with Crippen LogP contribution in [0.25, 0.3) is 0 Å². The summed E-state index contributed by atoms with van der Waals surface area (Å²) in [5.74, 6) is 1.37. The fourth-order valence-electron chi connectivity index (χ4n) is 3.66. The second kappa shape index (κ2) is 3.59. The van der Waals surface area contributed by atoms with Crippen LogP contribution in [0.5, 0.6) is 0 Å². The summed E-state index contributed by atoms with van der Waals surface area (Å²) < 4.78 is 0. The van der Waals surface area contributed by atoms with E-state index in [0.717, 1.165) is 6.54 Å². The lowest BCUT2D eigenvalue weighted by molar-refractivity contribution is 0.380. The first-order valence-corrected chi connectivity index (χ1v) is 6.18. The zero-order valence-electron chi connectivity index (χ0n) is 10.8. The molecule has 1 saturated carbocycles. The minimum absolute atomic E-state index is 0.231. The number of hydrogen-bond donors (Lipinski definition) is 1. The van der Waals surface area contributed by atoms with Gasteiger partial charge in [-0.05, 0) is 34.8 Å².